The Bertz CT molecular complexity index is 281. The van der Waals surface area contributed by atoms with Gasteiger partial charge in [-0.15, -0.1) is 0 Å². The Labute approximate surface area is 115 Å². The molecule has 1 aromatic carbocycles. The van der Waals surface area contributed by atoms with Crippen LogP contribution in [0.1, 0.15) is 62.8 Å². The van der Waals surface area contributed by atoms with Gasteiger partial charge in [-0.05, 0) is 17.9 Å². The van der Waals surface area contributed by atoms with E-state index >= 15 is 0 Å². The van der Waals surface area contributed by atoms with E-state index in [1.165, 1.54) is 44.1 Å². The van der Waals surface area contributed by atoms with Crippen LogP contribution < -0.4 is 0 Å². The molecule has 0 aromatic heterocycles. The Morgan fingerprint density at radius 2 is 1.65 bits per heavy atom. The van der Waals surface area contributed by atoms with Crippen molar-refractivity contribution < 1.29 is 0 Å². The van der Waals surface area contributed by atoms with Gasteiger partial charge in [0.2, 0.25) is 0 Å². The van der Waals surface area contributed by atoms with Crippen LogP contribution in [0.2, 0.25) is 0 Å². The Balaban J connectivity index is 2.25. The second-order valence-electron chi connectivity index (χ2n) is 4.99. The third kappa shape index (κ3) is 5.72. The predicted molar refractivity (Wildman–Crippen MR) is 80.7 cm³/mol. The number of hydrogen-bond acceptors (Lipinski definition) is 0. The van der Waals surface area contributed by atoms with Crippen molar-refractivity contribution >= 4 is 15.9 Å². The number of unbranched alkanes of at least 4 members (excludes halogenated alkanes) is 4. The molecule has 0 bridgehead atoms. The summed E-state index contributed by atoms with van der Waals surface area (Å²) in [6, 6.07) is 10.8. The van der Waals surface area contributed by atoms with E-state index in [-0.39, 0.29) is 0 Å². The van der Waals surface area contributed by atoms with Crippen LogP contribution in [0, 0.1) is 5.92 Å². The second-order valence-corrected chi connectivity index (χ2v) is 5.98. The molecule has 96 valence electrons. The average Bonchev–Trinajstić information content (AvgIpc) is 2.38. The minimum absolute atomic E-state index is 0.509. The molecule has 2 atom stereocenters. The number of benzene rings is 1. The molecule has 0 aliphatic carbocycles. The molecule has 0 nitrogen and oxygen atoms in total. The van der Waals surface area contributed by atoms with Gasteiger partial charge in [0.1, 0.15) is 0 Å². The van der Waals surface area contributed by atoms with Crippen LogP contribution in [0.5, 0.6) is 0 Å². The van der Waals surface area contributed by atoms with Crippen molar-refractivity contribution in [3.8, 4) is 0 Å². The highest BCUT2D eigenvalue weighted by Gasteiger charge is 2.15. The fraction of sp³-hybridized carbons (Fsp3) is 0.625. The van der Waals surface area contributed by atoms with Gasteiger partial charge in [0, 0.05) is 4.83 Å². The number of halogens is 1. The fourth-order valence-corrected chi connectivity index (χ4v) is 2.75. The first-order chi connectivity index (χ1) is 8.25. The third-order valence-electron chi connectivity index (χ3n) is 3.38. The van der Waals surface area contributed by atoms with E-state index in [9.17, 15) is 0 Å². The minimum Gasteiger partial charge on any atom is -0.0836 e. The minimum atomic E-state index is 0.509. The Morgan fingerprint density at radius 3 is 2.29 bits per heavy atom. The smallest absolute Gasteiger partial charge is 0.0420 e. The highest BCUT2D eigenvalue weighted by atomic mass is 79.9. The van der Waals surface area contributed by atoms with Gasteiger partial charge in [0.15, 0.2) is 0 Å². The van der Waals surface area contributed by atoms with Crippen molar-refractivity contribution in [3.63, 3.8) is 0 Å². The van der Waals surface area contributed by atoms with E-state index in [1.54, 1.807) is 0 Å². The maximum Gasteiger partial charge on any atom is 0.0420 e. The summed E-state index contributed by atoms with van der Waals surface area (Å²) in [5.41, 5.74) is 1.41. The van der Waals surface area contributed by atoms with Crippen LogP contribution in [-0.2, 0) is 0 Å². The Hall–Kier alpha value is -0.300. The highest BCUT2D eigenvalue weighted by molar-refractivity contribution is 9.09. The molecule has 0 amide bonds. The van der Waals surface area contributed by atoms with Crippen LogP contribution in [0.3, 0.4) is 0 Å². The lowest BCUT2D eigenvalue weighted by molar-refractivity contribution is 0.481. The van der Waals surface area contributed by atoms with Crippen molar-refractivity contribution in [1.29, 1.82) is 0 Å². The summed E-state index contributed by atoms with van der Waals surface area (Å²) in [5, 5.41) is 0. The predicted octanol–water partition coefficient (Wildman–Crippen LogP) is 6.12. The normalized spacial score (nSPS) is 14.5. The average molecular weight is 297 g/mol. The Kier molecular flexibility index (Phi) is 7.59. The highest BCUT2D eigenvalue weighted by Crippen LogP contribution is 2.33. The van der Waals surface area contributed by atoms with Gasteiger partial charge in [-0.25, -0.2) is 0 Å². The van der Waals surface area contributed by atoms with E-state index in [1.807, 2.05) is 0 Å². The Morgan fingerprint density at radius 1 is 1.00 bits per heavy atom. The molecule has 0 saturated carbocycles. The number of rotatable bonds is 8. The fourth-order valence-electron chi connectivity index (χ4n) is 2.18. The van der Waals surface area contributed by atoms with Crippen LogP contribution in [-0.4, -0.2) is 0 Å². The van der Waals surface area contributed by atoms with E-state index in [0.29, 0.717) is 4.83 Å². The molecule has 0 radical (unpaired) electrons. The standard InChI is InChI=1S/C16H25Br/c1-3-4-5-6-8-11-14(2)16(17)15-12-9-7-10-13-15/h7,9-10,12-14,16H,3-6,8,11H2,1-2H3. The molecule has 0 aliphatic rings. The molecule has 1 aromatic rings. The third-order valence-corrected chi connectivity index (χ3v) is 4.81. The summed E-state index contributed by atoms with van der Waals surface area (Å²) in [4.78, 5) is 0.509. The second kappa shape index (κ2) is 8.74. The zero-order valence-electron chi connectivity index (χ0n) is 11.2. The molecule has 0 saturated heterocycles. The van der Waals surface area contributed by atoms with E-state index in [0.717, 1.165) is 5.92 Å². The van der Waals surface area contributed by atoms with Gasteiger partial charge in [-0.1, -0.05) is 92.2 Å². The SMILES string of the molecule is CCCCCCCC(C)C(Br)c1ccccc1. The molecule has 17 heavy (non-hydrogen) atoms. The summed E-state index contributed by atoms with van der Waals surface area (Å²) in [6.07, 6.45) is 8.23. The van der Waals surface area contributed by atoms with Gasteiger partial charge in [0.05, 0.1) is 0 Å². The van der Waals surface area contributed by atoms with Crippen molar-refractivity contribution in [2.45, 2.75) is 57.2 Å². The first-order valence-electron chi connectivity index (χ1n) is 6.94. The first kappa shape index (κ1) is 14.8. The molecule has 1 heteroatoms. The lowest BCUT2D eigenvalue weighted by atomic mass is 9.95. The zero-order valence-corrected chi connectivity index (χ0v) is 12.7. The molecule has 1 rings (SSSR count). The molecule has 0 N–H and O–H groups in total. The van der Waals surface area contributed by atoms with Gasteiger partial charge in [-0.3, -0.25) is 0 Å². The van der Waals surface area contributed by atoms with Crippen molar-refractivity contribution in [3.05, 3.63) is 35.9 Å². The molecular weight excluding hydrogens is 272 g/mol. The molecular formula is C16H25Br. The summed E-state index contributed by atoms with van der Waals surface area (Å²) in [6.45, 7) is 4.62. The maximum absolute atomic E-state index is 3.83. The van der Waals surface area contributed by atoms with Crippen LogP contribution >= 0.6 is 15.9 Å². The molecule has 2 unspecified atom stereocenters. The van der Waals surface area contributed by atoms with Crippen molar-refractivity contribution in [2.75, 3.05) is 0 Å². The van der Waals surface area contributed by atoms with Crippen LogP contribution in [0.15, 0.2) is 30.3 Å². The summed E-state index contributed by atoms with van der Waals surface area (Å²) >= 11 is 3.83. The van der Waals surface area contributed by atoms with E-state index < -0.39 is 0 Å². The van der Waals surface area contributed by atoms with Gasteiger partial charge in [0.25, 0.3) is 0 Å². The van der Waals surface area contributed by atoms with Gasteiger partial charge >= 0.3 is 0 Å². The first-order valence-corrected chi connectivity index (χ1v) is 7.86. The number of alkyl halides is 1. The van der Waals surface area contributed by atoms with Gasteiger partial charge in [-0.2, -0.15) is 0 Å². The summed E-state index contributed by atoms with van der Waals surface area (Å²) in [5.74, 6) is 0.721. The number of hydrogen-bond donors (Lipinski definition) is 0. The lowest BCUT2D eigenvalue weighted by Gasteiger charge is -2.18. The summed E-state index contributed by atoms with van der Waals surface area (Å²) in [7, 11) is 0. The summed E-state index contributed by atoms with van der Waals surface area (Å²) < 4.78 is 0. The van der Waals surface area contributed by atoms with Crippen LogP contribution in [0.25, 0.3) is 0 Å². The van der Waals surface area contributed by atoms with Crippen LogP contribution in [0.4, 0.5) is 0 Å². The largest absolute Gasteiger partial charge is 0.0836 e. The molecule has 0 aliphatic heterocycles. The quantitative estimate of drug-likeness (QED) is 0.400. The van der Waals surface area contributed by atoms with Gasteiger partial charge < -0.3 is 0 Å². The van der Waals surface area contributed by atoms with Crippen molar-refractivity contribution in [2.24, 2.45) is 5.92 Å². The monoisotopic (exact) mass is 296 g/mol. The van der Waals surface area contributed by atoms with E-state index in [2.05, 4.69) is 60.1 Å². The van der Waals surface area contributed by atoms with E-state index in [4.69, 9.17) is 0 Å². The molecule has 0 spiro atoms. The lowest BCUT2D eigenvalue weighted by Crippen LogP contribution is -2.03. The zero-order chi connectivity index (χ0) is 12.5. The van der Waals surface area contributed by atoms with Crippen molar-refractivity contribution in [1.82, 2.24) is 0 Å². The molecule has 0 heterocycles. The topological polar surface area (TPSA) is 0 Å². The maximum atomic E-state index is 3.83. The molecule has 0 fully saturated rings.